The molecule has 0 unspecified atom stereocenters. The smallest absolute Gasteiger partial charge is 0.251 e. The summed E-state index contributed by atoms with van der Waals surface area (Å²) < 4.78 is 1.80. The number of nitrogens with zero attached hydrogens (tertiary/aromatic N) is 3. The van der Waals surface area contributed by atoms with Crippen molar-refractivity contribution >= 4 is 17.1 Å². The molecule has 0 radical (unpaired) electrons. The number of pyridine rings is 1. The van der Waals surface area contributed by atoms with Gasteiger partial charge in [-0.15, -0.1) is 0 Å². The second-order valence-corrected chi connectivity index (χ2v) is 5.33. The van der Waals surface area contributed by atoms with Crippen LogP contribution in [0.25, 0.3) is 5.52 Å². The fourth-order valence-electron chi connectivity index (χ4n) is 2.26. The van der Waals surface area contributed by atoms with E-state index in [1.807, 2.05) is 73.7 Å². The van der Waals surface area contributed by atoms with Crippen LogP contribution in [0.3, 0.4) is 0 Å². The molecule has 3 rings (SSSR count). The molecule has 1 N–H and O–H groups in total. The number of benzene rings is 1. The lowest BCUT2D eigenvalue weighted by Gasteiger charge is -2.12. The van der Waals surface area contributed by atoms with E-state index in [0.717, 1.165) is 16.9 Å². The quantitative estimate of drug-likeness (QED) is 0.803. The zero-order valence-corrected chi connectivity index (χ0v) is 12.7. The molecular weight excluding hydrogens is 276 g/mol. The first-order chi connectivity index (χ1) is 10.6. The molecule has 1 amide bonds. The SMILES string of the molecule is CN(C)c1ccc(C(=O)NCc2cc3ccccn3n2)cc1. The highest BCUT2D eigenvalue weighted by Crippen LogP contribution is 2.12. The first kappa shape index (κ1) is 14.1. The summed E-state index contributed by atoms with van der Waals surface area (Å²) in [6.07, 6.45) is 1.89. The number of nitrogens with one attached hydrogen (secondary N) is 1. The third-order valence-electron chi connectivity index (χ3n) is 3.50. The van der Waals surface area contributed by atoms with Gasteiger partial charge >= 0.3 is 0 Å². The van der Waals surface area contributed by atoms with Gasteiger partial charge in [0.15, 0.2) is 0 Å². The molecule has 22 heavy (non-hydrogen) atoms. The normalized spacial score (nSPS) is 10.6. The minimum atomic E-state index is -0.0950. The predicted octanol–water partition coefficient (Wildman–Crippen LogP) is 2.33. The van der Waals surface area contributed by atoms with Crippen LogP contribution in [0.15, 0.2) is 54.7 Å². The van der Waals surface area contributed by atoms with Gasteiger partial charge in [-0.1, -0.05) is 6.07 Å². The van der Waals surface area contributed by atoms with E-state index in [1.165, 1.54) is 0 Å². The Balaban J connectivity index is 1.66. The van der Waals surface area contributed by atoms with Gasteiger partial charge in [0.25, 0.3) is 5.91 Å². The van der Waals surface area contributed by atoms with Crippen molar-refractivity contribution in [1.29, 1.82) is 0 Å². The number of fused-ring (bicyclic) bond motifs is 1. The maximum atomic E-state index is 12.2. The summed E-state index contributed by atoms with van der Waals surface area (Å²) in [7, 11) is 3.94. The summed E-state index contributed by atoms with van der Waals surface area (Å²) in [4.78, 5) is 14.2. The average molecular weight is 294 g/mol. The number of hydrogen-bond donors (Lipinski definition) is 1. The minimum absolute atomic E-state index is 0.0950. The minimum Gasteiger partial charge on any atom is -0.378 e. The lowest BCUT2D eigenvalue weighted by molar-refractivity contribution is 0.0950. The van der Waals surface area contributed by atoms with Crippen LogP contribution in [0, 0.1) is 0 Å². The summed E-state index contributed by atoms with van der Waals surface area (Å²) >= 11 is 0. The largest absolute Gasteiger partial charge is 0.378 e. The van der Waals surface area contributed by atoms with Crippen molar-refractivity contribution in [2.45, 2.75) is 6.54 Å². The van der Waals surface area contributed by atoms with Gasteiger partial charge in [0, 0.05) is 31.5 Å². The molecule has 0 atom stereocenters. The molecule has 2 heterocycles. The Kier molecular flexibility index (Phi) is 3.78. The van der Waals surface area contributed by atoms with Crippen LogP contribution in [0.4, 0.5) is 5.69 Å². The van der Waals surface area contributed by atoms with Gasteiger partial charge < -0.3 is 10.2 Å². The van der Waals surface area contributed by atoms with Crippen molar-refractivity contribution in [1.82, 2.24) is 14.9 Å². The molecule has 112 valence electrons. The van der Waals surface area contributed by atoms with Crippen molar-refractivity contribution < 1.29 is 4.79 Å². The Hall–Kier alpha value is -2.82. The first-order valence-corrected chi connectivity index (χ1v) is 7.12. The lowest BCUT2D eigenvalue weighted by Crippen LogP contribution is -2.23. The molecule has 0 saturated carbocycles. The number of anilines is 1. The van der Waals surface area contributed by atoms with Crippen LogP contribution in [0.2, 0.25) is 0 Å². The molecule has 0 saturated heterocycles. The highest BCUT2D eigenvalue weighted by molar-refractivity contribution is 5.94. The maximum absolute atomic E-state index is 12.2. The van der Waals surface area contributed by atoms with Crippen molar-refractivity contribution in [3.8, 4) is 0 Å². The van der Waals surface area contributed by atoms with E-state index in [2.05, 4.69) is 10.4 Å². The van der Waals surface area contributed by atoms with Crippen LogP contribution in [0.1, 0.15) is 16.1 Å². The van der Waals surface area contributed by atoms with Crippen molar-refractivity contribution in [2.75, 3.05) is 19.0 Å². The van der Waals surface area contributed by atoms with E-state index in [9.17, 15) is 4.79 Å². The number of carbonyl (C=O) groups excluding carboxylic acids is 1. The molecule has 0 aliphatic rings. The molecule has 0 bridgehead atoms. The lowest BCUT2D eigenvalue weighted by atomic mass is 10.2. The molecule has 5 heteroatoms. The third-order valence-corrected chi connectivity index (χ3v) is 3.50. The van der Waals surface area contributed by atoms with Gasteiger partial charge in [-0.25, -0.2) is 4.52 Å². The Morgan fingerprint density at radius 3 is 2.64 bits per heavy atom. The Morgan fingerprint density at radius 1 is 1.18 bits per heavy atom. The van der Waals surface area contributed by atoms with E-state index < -0.39 is 0 Å². The Morgan fingerprint density at radius 2 is 1.95 bits per heavy atom. The van der Waals surface area contributed by atoms with Crippen molar-refractivity contribution in [3.05, 3.63) is 66.0 Å². The van der Waals surface area contributed by atoms with Gasteiger partial charge in [-0.05, 0) is 42.5 Å². The zero-order chi connectivity index (χ0) is 15.5. The number of aromatic nitrogens is 2. The van der Waals surface area contributed by atoms with Crippen LogP contribution in [0.5, 0.6) is 0 Å². The molecule has 1 aromatic carbocycles. The molecule has 2 aromatic heterocycles. The van der Waals surface area contributed by atoms with Crippen LogP contribution in [-0.2, 0) is 6.54 Å². The zero-order valence-electron chi connectivity index (χ0n) is 12.7. The van der Waals surface area contributed by atoms with Crippen LogP contribution >= 0.6 is 0 Å². The second-order valence-electron chi connectivity index (χ2n) is 5.33. The van der Waals surface area contributed by atoms with Gasteiger partial charge in [-0.2, -0.15) is 5.10 Å². The molecule has 5 nitrogen and oxygen atoms in total. The summed E-state index contributed by atoms with van der Waals surface area (Å²) in [6, 6.07) is 15.4. The van der Waals surface area contributed by atoms with E-state index in [1.54, 1.807) is 4.52 Å². The fourth-order valence-corrected chi connectivity index (χ4v) is 2.26. The molecule has 0 spiro atoms. The number of carbonyl (C=O) groups is 1. The molecule has 0 aliphatic heterocycles. The summed E-state index contributed by atoms with van der Waals surface area (Å²) in [5, 5.41) is 7.31. The number of hydrogen-bond acceptors (Lipinski definition) is 3. The summed E-state index contributed by atoms with van der Waals surface area (Å²) in [5.41, 5.74) is 3.57. The third kappa shape index (κ3) is 2.93. The van der Waals surface area contributed by atoms with Crippen molar-refractivity contribution in [3.63, 3.8) is 0 Å². The molecule has 0 aliphatic carbocycles. The van der Waals surface area contributed by atoms with E-state index in [4.69, 9.17) is 0 Å². The topological polar surface area (TPSA) is 49.6 Å². The Labute approximate surface area is 129 Å². The molecule has 0 fully saturated rings. The van der Waals surface area contributed by atoms with E-state index in [0.29, 0.717) is 12.1 Å². The summed E-state index contributed by atoms with van der Waals surface area (Å²) in [6.45, 7) is 0.413. The molecule has 3 aromatic rings. The highest BCUT2D eigenvalue weighted by Gasteiger charge is 2.07. The summed E-state index contributed by atoms with van der Waals surface area (Å²) in [5.74, 6) is -0.0950. The fraction of sp³-hybridized carbons (Fsp3) is 0.176. The van der Waals surface area contributed by atoms with E-state index in [-0.39, 0.29) is 5.91 Å². The van der Waals surface area contributed by atoms with Gasteiger partial charge in [-0.3, -0.25) is 4.79 Å². The molecular formula is C17H18N4O. The number of amides is 1. The predicted molar refractivity (Wildman–Crippen MR) is 87.1 cm³/mol. The second kappa shape index (κ2) is 5.89. The maximum Gasteiger partial charge on any atom is 0.251 e. The standard InChI is InChI=1S/C17H18N4O/c1-20(2)15-8-6-13(7-9-15)17(22)18-12-14-11-16-5-3-4-10-21(16)19-14/h3-11H,12H2,1-2H3,(H,18,22). The monoisotopic (exact) mass is 294 g/mol. The van der Waals surface area contributed by atoms with Crippen LogP contribution in [-0.4, -0.2) is 29.6 Å². The van der Waals surface area contributed by atoms with Gasteiger partial charge in [0.2, 0.25) is 0 Å². The number of rotatable bonds is 4. The van der Waals surface area contributed by atoms with Gasteiger partial charge in [0.05, 0.1) is 17.8 Å². The van der Waals surface area contributed by atoms with E-state index >= 15 is 0 Å². The Bertz CT molecular complexity index is 757. The highest BCUT2D eigenvalue weighted by atomic mass is 16.1. The average Bonchev–Trinajstić information content (AvgIpc) is 2.95. The first-order valence-electron chi connectivity index (χ1n) is 7.12. The van der Waals surface area contributed by atoms with Crippen LogP contribution < -0.4 is 10.2 Å². The van der Waals surface area contributed by atoms with Gasteiger partial charge in [0.1, 0.15) is 0 Å². The van der Waals surface area contributed by atoms with Crippen molar-refractivity contribution in [2.24, 2.45) is 0 Å².